The lowest BCUT2D eigenvalue weighted by molar-refractivity contribution is 0.462. The molecule has 0 N–H and O–H groups in total. The van der Waals surface area contributed by atoms with Crippen molar-refractivity contribution in [3.8, 4) is 46.0 Å². The predicted octanol–water partition coefficient (Wildman–Crippen LogP) is 4.83. The van der Waals surface area contributed by atoms with Gasteiger partial charge in [0.1, 0.15) is 46.0 Å². The van der Waals surface area contributed by atoms with Gasteiger partial charge in [0.25, 0.3) is 20.1 Å². The number of rotatable bonds is 2. The van der Waals surface area contributed by atoms with E-state index in [0.717, 1.165) is 101 Å². The normalized spacial score (nSPS) is 14.8. The van der Waals surface area contributed by atoms with Gasteiger partial charge in [-0.15, -0.1) is 0 Å². The van der Waals surface area contributed by atoms with Crippen LogP contribution >= 0.6 is 23.9 Å². The van der Waals surface area contributed by atoms with Crippen LogP contribution in [-0.2, 0) is 0 Å². The summed E-state index contributed by atoms with van der Waals surface area (Å²) in [6.45, 7) is 6.13. The van der Waals surface area contributed by atoms with Gasteiger partial charge >= 0.3 is 0 Å². The molecule has 13 rings (SSSR count). The van der Waals surface area contributed by atoms with Crippen molar-refractivity contribution in [3.05, 3.63) is 114 Å². The molecule has 6 aliphatic heterocycles. The summed E-state index contributed by atoms with van der Waals surface area (Å²) in [5.74, 6) is 6.61. The first-order valence-corrected chi connectivity index (χ1v) is 21.8. The van der Waals surface area contributed by atoms with Gasteiger partial charge < -0.3 is 18.9 Å². The summed E-state index contributed by atoms with van der Waals surface area (Å²) >= 11 is 3.46. The molecule has 0 amide bonds. The lowest BCUT2D eigenvalue weighted by Gasteiger charge is -2.44. The standard InChI is InChI=1S/C45H31B3N4O4S2/c1-22-10-33-43-34(11-22)52(58-5)32-19-36-30(47-26-7-9-50-21-42(26)56-40-15-24(3)13-38(54-36)45(40)47)17-28(32)48(43)27-16-29-35(18-31(27)51(33)57-4)53-37-12-23(2)14-39-44(37)46(29)25-6-8-49-20-41(25)55-39/h6-21H,1-5H3. The molecule has 6 aliphatic rings. The Morgan fingerprint density at radius 1 is 0.414 bits per heavy atom. The second kappa shape index (κ2) is 11.6. The fourth-order valence-electron chi connectivity index (χ4n) is 10.4. The third-order valence-electron chi connectivity index (χ3n) is 12.6. The van der Waals surface area contributed by atoms with Crippen LogP contribution in [0.5, 0.6) is 46.0 Å². The summed E-state index contributed by atoms with van der Waals surface area (Å²) in [5, 5.41) is 0. The van der Waals surface area contributed by atoms with E-state index < -0.39 is 0 Å². The maximum atomic E-state index is 6.92. The first kappa shape index (κ1) is 33.1. The van der Waals surface area contributed by atoms with Crippen LogP contribution in [0.2, 0.25) is 0 Å². The highest BCUT2D eigenvalue weighted by Gasteiger charge is 2.48. The first-order valence-electron chi connectivity index (χ1n) is 19.4. The summed E-state index contributed by atoms with van der Waals surface area (Å²) in [4.78, 5) is 8.92. The molecule has 0 unspecified atom stereocenters. The summed E-state index contributed by atoms with van der Waals surface area (Å²) in [7, 11) is 0. The predicted molar refractivity (Wildman–Crippen MR) is 240 cm³/mol. The average molecular weight is 788 g/mol. The maximum absolute atomic E-state index is 6.92. The molecule has 0 bridgehead atoms. The third-order valence-corrected chi connectivity index (χ3v) is 14.1. The Morgan fingerprint density at radius 3 is 1.24 bits per heavy atom. The van der Waals surface area contributed by atoms with Crippen LogP contribution < -0.4 is 76.7 Å². The van der Waals surface area contributed by atoms with Crippen molar-refractivity contribution in [1.82, 2.24) is 9.97 Å². The zero-order chi connectivity index (χ0) is 38.7. The highest BCUT2D eigenvalue weighted by atomic mass is 32.2. The maximum Gasteiger partial charge on any atom is 0.260 e. The van der Waals surface area contributed by atoms with E-state index in [-0.39, 0.29) is 20.1 Å². The molecule has 5 aromatic carbocycles. The minimum Gasteiger partial charge on any atom is -0.458 e. The topological polar surface area (TPSA) is 69.2 Å². The van der Waals surface area contributed by atoms with Gasteiger partial charge in [0.2, 0.25) is 0 Å². The van der Waals surface area contributed by atoms with Crippen LogP contribution in [0.4, 0.5) is 22.7 Å². The number of pyridine rings is 2. The Hall–Kier alpha value is -5.91. The fourth-order valence-corrected chi connectivity index (χ4v) is 11.8. The molecule has 0 fully saturated rings. The van der Waals surface area contributed by atoms with Crippen LogP contribution in [0, 0.1) is 20.8 Å². The van der Waals surface area contributed by atoms with Gasteiger partial charge in [0.05, 0.1) is 35.1 Å². The number of benzene rings is 5. The van der Waals surface area contributed by atoms with E-state index in [1.54, 1.807) is 23.9 Å². The Labute approximate surface area is 345 Å². The molecule has 2 aromatic heterocycles. The summed E-state index contributed by atoms with van der Waals surface area (Å²) in [5.41, 5.74) is 18.3. The van der Waals surface area contributed by atoms with Gasteiger partial charge in [-0.1, -0.05) is 12.1 Å². The summed E-state index contributed by atoms with van der Waals surface area (Å²) in [6.07, 6.45) is 11.7. The quantitative estimate of drug-likeness (QED) is 0.180. The molecule has 0 saturated heterocycles. The van der Waals surface area contributed by atoms with Crippen molar-refractivity contribution in [2.45, 2.75) is 20.8 Å². The van der Waals surface area contributed by atoms with Crippen molar-refractivity contribution < 1.29 is 18.9 Å². The Balaban J connectivity index is 1.09. The van der Waals surface area contributed by atoms with Crippen molar-refractivity contribution >= 4 is 116 Å². The highest BCUT2D eigenvalue weighted by molar-refractivity contribution is 8.00. The van der Waals surface area contributed by atoms with Crippen LogP contribution in [-0.4, -0.2) is 42.6 Å². The lowest BCUT2D eigenvalue weighted by atomic mass is 9.30. The van der Waals surface area contributed by atoms with Gasteiger partial charge in [0, 0.05) is 48.0 Å². The molecule has 276 valence electrons. The van der Waals surface area contributed by atoms with Gasteiger partial charge in [-0.3, -0.25) is 18.6 Å². The molecule has 0 aliphatic carbocycles. The van der Waals surface area contributed by atoms with E-state index in [4.69, 9.17) is 18.9 Å². The first-order chi connectivity index (χ1) is 28.4. The van der Waals surface area contributed by atoms with Crippen molar-refractivity contribution in [3.63, 3.8) is 0 Å². The van der Waals surface area contributed by atoms with Crippen LogP contribution in [0.25, 0.3) is 0 Å². The van der Waals surface area contributed by atoms with Crippen LogP contribution in [0.15, 0.2) is 97.6 Å². The fraction of sp³-hybridized carbons (Fsp3) is 0.111. The van der Waals surface area contributed by atoms with E-state index in [9.17, 15) is 0 Å². The SMILES string of the molecule is CSN1c2cc3c(cc2B2c4cc5c(cc4N(SC)c4cc(C)cc1c42)Oc1cc(C)cc2c1B5c1ccncc1O2)B1c2ccncc2Oc2cc(C)cc(c21)O3. The molecule has 7 aromatic rings. The number of aromatic nitrogens is 2. The Kier molecular flexibility index (Phi) is 6.63. The molecule has 0 atom stereocenters. The van der Waals surface area contributed by atoms with Crippen LogP contribution in [0.1, 0.15) is 16.7 Å². The summed E-state index contributed by atoms with van der Waals surface area (Å²) in [6, 6.07) is 26.8. The third kappa shape index (κ3) is 4.27. The number of nitrogens with zero attached hydrogens (tertiary/aromatic N) is 4. The number of ether oxygens (including phenoxy) is 4. The van der Waals surface area contributed by atoms with Gasteiger partial charge in [-0.25, -0.2) is 0 Å². The second-order valence-corrected chi connectivity index (χ2v) is 17.4. The van der Waals surface area contributed by atoms with Gasteiger partial charge in [-0.05, 0) is 148 Å². The molecule has 0 saturated carbocycles. The second-order valence-electron chi connectivity index (χ2n) is 16.0. The Morgan fingerprint density at radius 2 is 0.810 bits per heavy atom. The largest absolute Gasteiger partial charge is 0.458 e. The van der Waals surface area contributed by atoms with Crippen molar-refractivity contribution in [2.75, 3.05) is 21.1 Å². The Bertz CT molecular complexity index is 2860. The molecule has 8 nitrogen and oxygen atoms in total. The molecule has 0 radical (unpaired) electrons. The zero-order valence-electron chi connectivity index (χ0n) is 32.2. The van der Waals surface area contributed by atoms with E-state index in [1.165, 1.54) is 33.3 Å². The van der Waals surface area contributed by atoms with E-state index >= 15 is 0 Å². The minimum atomic E-state index is -0.0820. The average Bonchev–Trinajstić information content (AvgIpc) is 3.21. The number of hydrogen-bond acceptors (Lipinski definition) is 10. The molecule has 8 heterocycles. The number of anilines is 4. The minimum absolute atomic E-state index is 0.0794. The van der Waals surface area contributed by atoms with Crippen molar-refractivity contribution in [2.24, 2.45) is 0 Å². The van der Waals surface area contributed by atoms with Gasteiger partial charge in [-0.2, -0.15) is 0 Å². The molecular weight excluding hydrogens is 757 g/mol. The monoisotopic (exact) mass is 788 g/mol. The summed E-state index contributed by atoms with van der Waals surface area (Å²) < 4.78 is 31.7. The number of hydrogen-bond donors (Lipinski definition) is 0. The zero-order valence-corrected chi connectivity index (χ0v) is 33.8. The molecule has 0 spiro atoms. The molecule has 13 heteroatoms. The molecular formula is C45H31B3N4O4S2. The lowest BCUT2D eigenvalue weighted by Crippen LogP contribution is -2.65. The van der Waals surface area contributed by atoms with Crippen molar-refractivity contribution in [1.29, 1.82) is 0 Å². The van der Waals surface area contributed by atoms with E-state index in [1.807, 2.05) is 24.8 Å². The number of fused-ring (bicyclic) bond motifs is 12. The number of aryl methyl sites for hydroxylation is 3. The van der Waals surface area contributed by atoms with Gasteiger partial charge in [0.15, 0.2) is 0 Å². The van der Waals surface area contributed by atoms with Crippen LogP contribution in [0.3, 0.4) is 0 Å². The molecule has 58 heavy (non-hydrogen) atoms. The highest BCUT2D eigenvalue weighted by Crippen LogP contribution is 2.46. The smallest absolute Gasteiger partial charge is 0.260 e. The van der Waals surface area contributed by atoms with E-state index in [0.29, 0.717) is 0 Å². The van der Waals surface area contributed by atoms with E-state index in [2.05, 4.69) is 125 Å².